The molecule has 0 atom stereocenters. The van der Waals surface area contributed by atoms with Crippen LogP contribution in [0, 0.1) is 0 Å². The number of rotatable bonds is 4. The number of hydrogen-bond acceptors (Lipinski definition) is 4. The maximum Gasteiger partial charge on any atom is 0.272 e. The molecular formula is C12H15N5O. The van der Waals surface area contributed by atoms with Crippen molar-refractivity contribution in [2.24, 2.45) is 0 Å². The molecule has 2 heterocycles. The van der Waals surface area contributed by atoms with Crippen molar-refractivity contribution in [2.75, 3.05) is 12.3 Å². The van der Waals surface area contributed by atoms with Crippen molar-refractivity contribution in [1.29, 1.82) is 0 Å². The monoisotopic (exact) mass is 245 g/mol. The SMILES string of the molecule is CCN(Cc1ccncc1)C(=O)c1cc(N)n[nH]1. The van der Waals surface area contributed by atoms with Gasteiger partial charge in [0.15, 0.2) is 0 Å². The fraction of sp³-hybridized carbons (Fsp3) is 0.250. The maximum absolute atomic E-state index is 12.2. The molecular weight excluding hydrogens is 230 g/mol. The lowest BCUT2D eigenvalue weighted by Crippen LogP contribution is -2.30. The van der Waals surface area contributed by atoms with Crippen LogP contribution < -0.4 is 5.73 Å². The van der Waals surface area contributed by atoms with Gasteiger partial charge in [0.25, 0.3) is 5.91 Å². The minimum Gasteiger partial charge on any atom is -0.382 e. The number of aromatic amines is 1. The first-order valence-corrected chi connectivity index (χ1v) is 5.69. The fourth-order valence-corrected chi connectivity index (χ4v) is 1.65. The van der Waals surface area contributed by atoms with E-state index in [2.05, 4.69) is 15.2 Å². The largest absolute Gasteiger partial charge is 0.382 e. The van der Waals surface area contributed by atoms with E-state index in [1.54, 1.807) is 17.3 Å². The lowest BCUT2D eigenvalue weighted by atomic mass is 10.2. The van der Waals surface area contributed by atoms with E-state index in [1.165, 1.54) is 6.07 Å². The number of pyridine rings is 1. The molecule has 94 valence electrons. The number of amides is 1. The summed E-state index contributed by atoms with van der Waals surface area (Å²) in [6, 6.07) is 5.31. The van der Waals surface area contributed by atoms with E-state index >= 15 is 0 Å². The molecule has 0 fully saturated rings. The normalized spacial score (nSPS) is 10.3. The van der Waals surface area contributed by atoms with E-state index in [1.807, 2.05) is 19.1 Å². The molecule has 0 aliphatic rings. The summed E-state index contributed by atoms with van der Waals surface area (Å²) in [5, 5.41) is 6.38. The van der Waals surface area contributed by atoms with E-state index < -0.39 is 0 Å². The number of carbonyl (C=O) groups is 1. The maximum atomic E-state index is 12.2. The van der Waals surface area contributed by atoms with Gasteiger partial charge in [-0.2, -0.15) is 5.10 Å². The summed E-state index contributed by atoms with van der Waals surface area (Å²) < 4.78 is 0. The molecule has 6 nitrogen and oxygen atoms in total. The molecule has 0 bridgehead atoms. The van der Waals surface area contributed by atoms with Crippen LogP contribution in [0.4, 0.5) is 5.82 Å². The third-order valence-corrected chi connectivity index (χ3v) is 2.62. The van der Waals surface area contributed by atoms with Gasteiger partial charge in [0, 0.05) is 31.5 Å². The second-order valence-electron chi connectivity index (χ2n) is 3.88. The molecule has 2 aromatic rings. The van der Waals surface area contributed by atoms with E-state index in [9.17, 15) is 4.79 Å². The molecule has 0 spiro atoms. The second-order valence-corrected chi connectivity index (χ2v) is 3.88. The van der Waals surface area contributed by atoms with Crippen LogP contribution in [-0.4, -0.2) is 32.5 Å². The average molecular weight is 245 g/mol. The van der Waals surface area contributed by atoms with Crippen molar-refractivity contribution in [1.82, 2.24) is 20.1 Å². The van der Waals surface area contributed by atoms with Crippen LogP contribution in [0.2, 0.25) is 0 Å². The van der Waals surface area contributed by atoms with Crippen LogP contribution >= 0.6 is 0 Å². The van der Waals surface area contributed by atoms with E-state index in [0.717, 1.165) is 5.56 Å². The third-order valence-electron chi connectivity index (χ3n) is 2.62. The number of nitrogens with one attached hydrogen (secondary N) is 1. The van der Waals surface area contributed by atoms with Crippen LogP contribution in [0.25, 0.3) is 0 Å². The Hall–Kier alpha value is -2.37. The summed E-state index contributed by atoms with van der Waals surface area (Å²) in [5.74, 6) is 0.205. The molecule has 0 aliphatic carbocycles. The number of H-pyrrole nitrogens is 1. The van der Waals surface area contributed by atoms with Gasteiger partial charge in [-0.05, 0) is 24.6 Å². The van der Waals surface area contributed by atoms with Gasteiger partial charge in [-0.15, -0.1) is 0 Å². The molecule has 0 saturated carbocycles. The zero-order valence-electron chi connectivity index (χ0n) is 10.1. The summed E-state index contributed by atoms with van der Waals surface area (Å²) in [5.41, 5.74) is 6.93. The highest BCUT2D eigenvalue weighted by atomic mass is 16.2. The first kappa shape index (κ1) is 12.1. The molecule has 18 heavy (non-hydrogen) atoms. The van der Waals surface area contributed by atoms with Gasteiger partial charge in [0.1, 0.15) is 11.5 Å². The topological polar surface area (TPSA) is 87.9 Å². The summed E-state index contributed by atoms with van der Waals surface area (Å²) in [6.45, 7) is 3.08. The molecule has 0 radical (unpaired) electrons. The lowest BCUT2D eigenvalue weighted by Gasteiger charge is -2.19. The molecule has 1 amide bonds. The van der Waals surface area contributed by atoms with Gasteiger partial charge in [-0.25, -0.2) is 0 Å². The Morgan fingerprint density at radius 3 is 2.72 bits per heavy atom. The predicted molar refractivity (Wildman–Crippen MR) is 67.7 cm³/mol. The standard InChI is InChI=1S/C12H15N5O/c1-2-17(8-9-3-5-14-6-4-9)12(18)10-7-11(13)16-15-10/h3-7H,2,8H2,1H3,(H3,13,15,16). The number of anilines is 1. The fourth-order valence-electron chi connectivity index (χ4n) is 1.65. The Kier molecular flexibility index (Phi) is 3.57. The first-order valence-electron chi connectivity index (χ1n) is 5.69. The number of nitrogen functional groups attached to an aromatic ring is 1. The van der Waals surface area contributed by atoms with Crippen molar-refractivity contribution in [3.63, 3.8) is 0 Å². The molecule has 2 aromatic heterocycles. The highest BCUT2D eigenvalue weighted by Crippen LogP contribution is 2.09. The zero-order chi connectivity index (χ0) is 13.0. The second kappa shape index (κ2) is 5.31. The summed E-state index contributed by atoms with van der Waals surface area (Å²) >= 11 is 0. The Morgan fingerprint density at radius 2 is 2.17 bits per heavy atom. The minimum atomic E-state index is -0.112. The smallest absolute Gasteiger partial charge is 0.272 e. The van der Waals surface area contributed by atoms with Crippen molar-refractivity contribution in [2.45, 2.75) is 13.5 Å². The number of nitrogens with two attached hydrogens (primary N) is 1. The predicted octanol–water partition coefficient (Wildman–Crippen LogP) is 1.05. The first-order chi connectivity index (χ1) is 8.70. The molecule has 0 aromatic carbocycles. The van der Waals surface area contributed by atoms with Crippen LogP contribution in [0.5, 0.6) is 0 Å². The van der Waals surface area contributed by atoms with Gasteiger partial charge in [0.05, 0.1) is 0 Å². The van der Waals surface area contributed by atoms with E-state index in [-0.39, 0.29) is 5.91 Å². The summed E-state index contributed by atoms with van der Waals surface area (Å²) in [7, 11) is 0. The van der Waals surface area contributed by atoms with Gasteiger partial charge < -0.3 is 10.6 Å². The Morgan fingerprint density at radius 1 is 1.44 bits per heavy atom. The molecule has 0 saturated heterocycles. The van der Waals surface area contributed by atoms with Crippen LogP contribution in [0.3, 0.4) is 0 Å². The number of nitrogens with zero attached hydrogens (tertiary/aromatic N) is 3. The van der Waals surface area contributed by atoms with Crippen LogP contribution in [-0.2, 0) is 6.54 Å². The molecule has 6 heteroatoms. The number of aromatic nitrogens is 3. The summed E-state index contributed by atoms with van der Waals surface area (Å²) in [4.78, 5) is 17.8. The molecule has 3 N–H and O–H groups in total. The summed E-state index contributed by atoms with van der Waals surface area (Å²) in [6.07, 6.45) is 3.42. The van der Waals surface area contributed by atoms with Crippen molar-refractivity contribution < 1.29 is 4.79 Å². The molecule has 0 aliphatic heterocycles. The Balaban J connectivity index is 2.12. The Bertz CT molecular complexity index is 522. The quantitative estimate of drug-likeness (QED) is 0.842. The van der Waals surface area contributed by atoms with Crippen LogP contribution in [0.1, 0.15) is 23.0 Å². The number of carbonyl (C=O) groups excluding carboxylic acids is 1. The van der Waals surface area contributed by atoms with Crippen molar-refractivity contribution >= 4 is 11.7 Å². The van der Waals surface area contributed by atoms with Crippen molar-refractivity contribution in [3.8, 4) is 0 Å². The Labute approximate surface area is 105 Å². The van der Waals surface area contributed by atoms with Gasteiger partial charge in [0.2, 0.25) is 0 Å². The van der Waals surface area contributed by atoms with Gasteiger partial charge in [-0.3, -0.25) is 14.9 Å². The zero-order valence-corrected chi connectivity index (χ0v) is 10.1. The highest BCUT2D eigenvalue weighted by Gasteiger charge is 2.16. The highest BCUT2D eigenvalue weighted by molar-refractivity contribution is 5.92. The van der Waals surface area contributed by atoms with Crippen molar-refractivity contribution in [3.05, 3.63) is 41.9 Å². The van der Waals surface area contributed by atoms with Crippen LogP contribution in [0.15, 0.2) is 30.6 Å². The van der Waals surface area contributed by atoms with Gasteiger partial charge in [-0.1, -0.05) is 0 Å². The molecule has 2 rings (SSSR count). The molecule has 0 unspecified atom stereocenters. The number of hydrogen-bond donors (Lipinski definition) is 2. The average Bonchev–Trinajstić information content (AvgIpc) is 2.83. The van der Waals surface area contributed by atoms with E-state index in [0.29, 0.717) is 24.6 Å². The van der Waals surface area contributed by atoms with E-state index in [4.69, 9.17) is 5.73 Å². The lowest BCUT2D eigenvalue weighted by molar-refractivity contribution is 0.0746. The van der Waals surface area contributed by atoms with Gasteiger partial charge >= 0.3 is 0 Å². The minimum absolute atomic E-state index is 0.112. The third kappa shape index (κ3) is 2.65.